The Labute approximate surface area is 158 Å². The van der Waals surface area contributed by atoms with E-state index in [2.05, 4.69) is 20.6 Å². The van der Waals surface area contributed by atoms with Crippen molar-refractivity contribution in [1.29, 1.82) is 0 Å². The van der Waals surface area contributed by atoms with Crippen molar-refractivity contribution >= 4 is 51.5 Å². The fraction of sp³-hybridized carbons (Fsp3) is 0.0526. The Hall–Kier alpha value is -3.39. The number of hydrogen-bond acceptors (Lipinski definition) is 6. The molecule has 4 aromatic rings. The van der Waals surface area contributed by atoms with Crippen molar-refractivity contribution < 1.29 is 14.0 Å². The summed E-state index contributed by atoms with van der Waals surface area (Å²) >= 11 is 1.18. The number of anilines is 1. The van der Waals surface area contributed by atoms with Crippen LogP contribution in [-0.4, -0.2) is 27.7 Å². The van der Waals surface area contributed by atoms with Crippen molar-refractivity contribution in [2.45, 2.75) is 5.03 Å². The molecule has 2 N–H and O–H groups in total. The van der Waals surface area contributed by atoms with Gasteiger partial charge in [-0.1, -0.05) is 42.1 Å². The Kier molecular flexibility index (Phi) is 4.71. The number of furan rings is 1. The number of nitrogens with zero attached hydrogens (tertiary/aromatic N) is 2. The van der Waals surface area contributed by atoms with E-state index in [0.717, 1.165) is 5.39 Å². The summed E-state index contributed by atoms with van der Waals surface area (Å²) in [5.74, 6) is -0.415. The topological polar surface area (TPSA) is 97.1 Å². The molecule has 2 aromatic carbocycles. The number of rotatable bonds is 4. The number of para-hydroxylation sites is 2. The van der Waals surface area contributed by atoms with Crippen LogP contribution in [0.25, 0.3) is 22.1 Å². The van der Waals surface area contributed by atoms with Crippen LogP contribution in [0.15, 0.2) is 70.4 Å². The summed E-state index contributed by atoms with van der Waals surface area (Å²) in [6.45, 7) is 0. The van der Waals surface area contributed by atoms with E-state index in [0.29, 0.717) is 27.4 Å². The molecular formula is C19H14N4O3S. The van der Waals surface area contributed by atoms with Crippen LogP contribution in [0.4, 0.5) is 10.5 Å². The van der Waals surface area contributed by atoms with Crippen LogP contribution in [0.3, 0.4) is 0 Å². The number of thioether (sulfide) groups is 1. The number of fused-ring (bicyclic) bond motifs is 3. The van der Waals surface area contributed by atoms with Gasteiger partial charge in [0.15, 0.2) is 5.58 Å². The number of aromatic nitrogens is 2. The van der Waals surface area contributed by atoms with Gasteiger partial charge in [0.25, 0.3) is 0 Å². The van der Waals surface area contributed by atoms with Crippen LogP contribution in [0.2, 0.25) is 0 Å². The maximum atomic E-state index is 12.1. The largest absolute Gasteiger partial charge is 0.451 e. The zero-order valence-corrected chi connectivity index (χ0v) is 14.8. The quantitative estimate of drug-likeness (QED) is 0.414. The maximum Gasteiger partial charge on any atom is 0.325 e. The molecule has 7 nitrogen and oxygen atoms in total. The lowest BCUT2D eigenvalue weighted by atomic mass is 10.2. The molecule has 8 heteroatoms. The molecule has 0 saturated carbocycles. The highest BCUT2D eigenvalue weighted by atomic mass is 32.2. The van der Waals surface area contributed by atoms with E-state index in [1.54, 1.807) is 24.3 Å². The average Bonchev–Trinajstić information content (AvgIpc) is 3.06. The number of urea groups is 1. The van der Waals surface area contributed by atoms with E-state index in [1.165, 1.54) is 18.1 Å². The lowest BCUT2D eigenvalue weighted by Gasteiger charge is -2.06. The van der Waals surface area contributed by atoms with Crippen LogP contribution in [0.5, 0.6) is 0 Å². The molecule has 3 amide bonds. The Balaban J connectivity index is 1.42. The lowest BCUT2D eigenvalue weighted by molar-refractivity contribution is -0.117. The molecule has 0 aliphatic rings. The second kappa shape index (κ2) is 7.46. The van der Waals surface area contributed by atoms with Crippen molar-refractivity contribution in [3.05, 3.63) is 60.9 Å². The molecule has 0 saturated heterocycles. The Morgan fingerprint density at radius 1 is 1.00 bits per heavy atom. The summed E-state index contributed by atoms with van der Waals surface area (Å²) in [6.07, 6.45) is 1.44. The average molecular weight is 378 g/mol. The summed E-state index contributed by atoms with van der Waals surface area (Å²) < 4.78 is 5.82. The number of nitrogens with one attached hydrogen (secondary N) is 2. The Morgan fingerprint density at radius 3 is 2.63 bits per heavy atom. The molecule has 0 spiro atoms. The normalized spacial score (nSPS) is 10.8. The number of imide groups is 1. The van der Waals surface area contributed by atoms with E-state index in [1.807, 2.05) is 30.3 Å². The van der Waals surface area contributed by atoms with Crippen molar-refractivity contribution in [3.63, 3.8) is 0 Å². The molecule has 2 aromatic heterocycles. The molecule has 0 aliphatic carbocycles. The van der Waals surface area contributed by atoms with Gasteiger partial charge >= 0.3 is 6.03 Å². The summed E-state index contributed by atoms with van der Waals surface area (Å²) in [6, 6.07) is 15.9. The van der Waals surface area contributed by atoms with Gasteiger partial charge in [0, 0.05) is 11.1 Å². The number of hydrogen-bond donors (Lipinski definition) is 2. The Bertz CT molecular complexity index is 1130. The highest BCUT2D eigenvalue weighted by Gasteiger charge is 2.15. The van der Waals surface area contributed by atoms with Gasteiger partial charge in [-0.25, -0.2) is 14.8 Å². The molecule has 2 heterocycles. The number of carbonyl (C=O) groups excluding carboxylic acids is 2. The minimum Gasteiger partial charge on any atom is -0.451 e. The van der Waals surface area contributed by atoms with Gasteiger partial charge in [0.05, 0.1) is 5.75 Å². The van der Waals surface area contributed by atoms with Crippen molar-refractivity contribution in [3.8, 4) is 0 Å². The van der Waals surface area contributed by atoms with E-state index in [4.69, 9.17) is 4.42 Å². The first-order chi connectivity index (χ1) is 13.2. The van der Waals surface area contributed by atoms with Gasteiger partial charge < -0.3 is 9.73 Å². The van der Waals surface area contributed by atoms with Gasteiger partial charge in [0.1, 0.15) is 22.5 Å². The third-order valence-corrected chi connectivity index (χ3v) is 4.72. The maximum absolute atomic E-state index is 12.1. The van der Waals surface area contributed by atoms with Gasteiger partial charge in [-0.05, 0) is 24.3 Å². The second-order valence-electron chi connectivity index (χ2n) is 5.61. The summed E-state index contributed by atoms with van der Waals surface area (Å²) in [4.78, 5) is 32.4. The van der Waals surface area contributed by atoms with E-state index >= 15 is 0 Å². The van der Waals surface area contributed by atoms with Crippen LogP contribution < -0.4 is 10.6 Å². The molecule has 0 bridgehead atoms. The number of benzene rings is 2. The first kappa shape index (κ1) is 17.0. The van der Waals surface area contributed by atoms with Crippen LogP contribution in [-0.2, 0) is 4.79 Å². The monoisotopic (exact) mass is 378 g/mol. The molecule has 134 valence electrons. The molecule has 0 atom stereocenters. The minimum absolute atomic E-state index is 0.0192. The second-order valence-corrected chi connectivity index (χ2v) is 6.58. The SMILES string of the molecule is O=C(CSc1ncnc2c1oc1ccccc12)NC(=O)Nc1ccccc1. The number of carbonyl (C=O) groups is 2. The molecule has 27 heavy (non-hydrogen) atoms. The summed E-state index contributed by atoms with van der Waals surface area (Å²) in [5.41, 5.74) is 2.55. The number of amides is 3. The van der Waals surface area contributed by atoms with Gasteiger partial charge in [-0.15, -0.1) is 0 Å². The highest BCUT2D eigenvalue weighted by Crippen LogP contribution is 2.32. The minimum atomic E-state index is -0.580. The van der Waals surface area contributed by atoms with Crippen LogP contribution in [0.1, 0.15) is 0 Å². The van der Waals surface area contributed by atoms with Gasteiger partial charge in [-0.3, -0.25) is 10.1 Å². The fourth-order valence-corrected chi connectivity index (χ4v) is 3.32. The smallest absolute Gasteiger partial charge is 0.325 e. The third kappa shape index (κ3) is 3.75. The first-order valence-electron chi connectivity index (χ1n) is 8.11. The third-order valence-electron chi connectivity index (χ3n) is 3.75. The standard InChI is InChI=1S/C19H14N4O3S/c24-15(23-19(25)22-12-6-2-1-3-7-12)10-27-18-17-16(20-11-21-18)13-8-4-5-9-14(13)26-17/h1-9,11H,10H2,(H2,22,23,24,25). The molecule has 4 rings (SSSR count). The fourth-order valence-electron chi connectivity index (χ4n) is 2.59. The predicted octanol–water partition coefficient (Wildman–Crippen LogP) is 3.82. The van der Waals surface area contributed by atoms with E-state index in [9.17, 15) is 9.59 Å². The molecule has 0 aliphatic heterocycles. The first-order valence-corrected chi connectivity index (χ1v) is 9.10. The van der Waals surface area contributed by atoms with Gasteiger partial charge in [0.2, 0.25) is 5.91 Å². The van der Waals surface area contributed by atoms with Crippen LogP contribution in [0, 0.1) is 0 Å². The van der Waals surface area contributed by atoms with Crippen molar-refractivity contribution in [1.82, 2.24) is 15.3 Å². The molecule has 0 unspecified atom stereocenters. The lowest BCUT2D eigenvalue weighted by Crippen LogP contribution is -2.35. The predicted molar refractivity (Wildman–Crippen MR) is 104 cm³/mol. The molecule has 0 radical (unpaired) electrons. The Morgan fingerprint density at radius 2 is 1.78 bits per heavy atom. The highest BCUT2D eigenvalue weighted by molar-refractivity contribution is 8.00. The van der Waals surface area contributed by atoms with E-state index < -0.39 is 11.9 Å². The van der Waals surface area contributed by atoms with Gasteiger partial charge in [-0.2, -0.15) is 0 Å². The zero-order chi connectivity index (χ0) is 18.6. The van der Waals surface area contributed by atoms with Crippen molar-refractivity contribution in [2.24, 2.45) is 0 Å². The van der Waals surface area contributed by atoms with E-state index in [-0.39, 0.29) is 5.75 Å². The zero-order valence-electron chi connectivity index (χ0n) is 14.0. The van der Waals surface area contributed by atoms with Crippen molar-refractivity contribution in [2.75, 3.05) is 11.1 Å². The molecular weight excluding hydrogens is 364 g/mol. The summed E-state index contributed by atoms with van der Waals surface area (Å²) in [5, 5.41) is 6.33. The van der Waals surface area contributed by atoms with Crippen LogP contribution >= 0.6 is 11.8 Å². The molecule has 0 fully saturated rings. The summed E-state index contributed by atoms with van der Waals surface area (Å²) in [7, 11) is 0.